The third-order valence-electron chi connectivity index (χ3n) is 3.25. The molecule has 0 saturated carbocycles. The van der Waals surface area contributed by atoms with E-state index in [4.69, 9.17) is 0 Å². The van der Waals surface area contributed by atoms with Gasteiger partial charge in [-0.1, -0.05) is 0 Å². The summed E-state index contributed by atoms with van der Waals surface area (Å²) >= 11 is 0. The first-order valence-electron chi connectivity index (χ1n) is 6.08. The number of hydrogen-bond acceptors (Lipinski definition) is 5. The first-order valence-corrected chi connectivity index (χ1v) is 7.97. The zero-order valence-corrected chi connectivity index (χ0v) is 11.7. The van der Waals surface area contributed by atoms with Gasteiger partial charge in [0.2, 0.25) is 5.91 Å². The fourth-order valence-corrected chi connectivity index (χ4v) is 2.68. The summed E-state index contributed by atoms with van der Waals surface area (Å²) in [5.74, 6) is -0.124. The highest BCUT2D eigenvalue weighted by atomic mass is 32.2. The molecule has 2 N–H and O–H groups in total. The summed E-state index contributed by atoms with van der Waals surface area (Å²) in [4.78, 5) is 15.8. The molecular weight excluding hydrogens is 266 g/mol. The van der Waals surface area contributed by atoms with Crippen LogP contribution in [0.3, 0.4) is 0 Å². The number of sulfone groups is 1. The topological polar surface area (TPSA) is 88.2 Å². The van der Waals surface area contributed by atoms with Gasteiger partial charge in [-0.2, -0.15) is 0 Å². The first-order chi connectivity index (χ1) is 8.88. The van der Waals surface area contributed by atoms with Gasteiger partial charge in [0, 0.05) is 12.3 Å². The molecule has 1 amide bonds. The molecule has 2 rings (SSSR count). The predicted octanol–water partition coefficient (Wildman–Crippen LogP) is 0.422. The largest absolute Gasteiger partial charge is 0.324 e. The SMILES string of the molecule is CC1NCCC1C(=O)Nc1ccc(S(C)(=O)=O)nc1. The van der Waals surface area contributed by atoms with Crippen LogP contribution in [-0.2, 0) is 14.6 Å². The van der Waals surface area contributed by atoms with Gasteiger partial charge in [-0.25, -0.2) is 13.4 Å². The lowest BCUT2D eigenvalue weighted by Crippen LogP contribution is -2.32. The van der Waals surface area contributed by atoms with Crippen LogP contribution in [0.15, 0.2) is 23.4 Å². The number of hydrogen-bond donors (Lipinski definition) is 2. The van der Waals surface area contributed by atoms with Gasteiger partial charge in [0.15, 0.2) is 14.9 Å². The second-order valence-corrected chi connectivity index (χ2v) is 6.75. The van der Waals surface area contributed by atoms with E-state index in [0.717, 1.165) is 19.2 Å². The Bertz CT molecular complexity index is 568. The zero-order valence-electron chi connectivity index (χ0n) is 10.9. The summed E-state index contributed by atoms with van der Waals surface area (Å²) in [6.07, 6.45) is 3.27. The van der Waals surface area contributed by atoms with Gasteiger partial charge in [0.05, 0.1) is 17.8 Å². The maximum atomic E-state index is 12.0. The van der Waals surface area contributed by atoms with Crippen LogP contribution in [0.2, 0.25) is 0 Å². The quantitative estimate of drug-likeness (QED) is 0.839. The molecule has 19 heavy (non-hydrogen) atoms. The van der Waals surface area contributed by atoms with Crippen molar-refractivity contribution in [2.45, 2.75) is 24.4 Å². The number of nitrogens with one attached hydrogen (secondary N) is 2. The highest BCUT2D eigenvalue weighted by Crippen LogP contribution is 2.18. The molecule has 1 aliphatic rings. The summed E-state index contributed by atoms with van der Waals surface area (Å²) in [7, 11) is -3.31. The summed E-state index contributed by atoms with van der Waals surface area (Å²) in [6, 6.07) is 3.10. The number of aromatic nitrogens is 1. The van der Waals surface area contributed by atoms with Gasteiger partial charge < -0.3 is 10.6 Å². The Labute approximate surface area is 112 Å². The van der Waals surface area contributed by atoms with Crippen molar-refractivity contribution in [2.75, 3.05) is 18.1 Å². The van der Waals surface area contributed by atoms with Gasteiger partial charge in [-0.3, -0.25) is 4.79 Å². The molecule has 1 fully saturated rings. The van der Waals surface area contributed by atoms with E-state index in [2.05, 4.69) is 15.6 Å². The summed E-state index contributed by atoms with van der Waals surface area (Å²) in [5, 5.41) is 5.97. The van der Waals surface area contributed by atoms with Gasteiger partial charge in [0.25, 0.3) is 0 Å². The molecule has 0 aromatic carbocycles. The summed E-state index contributed by atoms with van der Waals surface area (Å²) < 4.78 is 22.5. The van der Waals surface area contributed by atoms with Crippen LogP contribution in [0.1, 0.15) is 13.3 Å². The van der Waals surface area contributed by atoms with Gasteiger partial charge in [0.1, 0.15) is 0 Å². The van der Waals surface area contributed by atoms with Crippen LogP contribution in [-0.4, -0.2) is 38.2 Å². The minimum absolute atomic E-state index is 0.00130. The zero-order chi connectivity index (χ0) is 14.0. The van der Waals surface area contributed by atoms with Gasteiger partial charge >= 0.3 is 0 Å². The second kappa shape index (κ2) is 5.26. The van der Waals surface area contributed by atoms with Crippen molar-refractivity contribution >= 4 is 21.4 Å². The van der Waals surface area contributed by atoms with Crippen molar-refractivity contribution in [2.24, 2.45) is 5.92 Å². The molecule has 0 aliphatic carbocycles. The van der Waals surface area contributed by atoms with Crippen LogP contribution in [0, 0.1) is 5.92 Å². The average Bonchev–Trinajstić information content (AvgIpc) is 2.75. The molecule has 2 heterocycles. The Balaban J connectivity index is 2.06. The fraction of sp³-hybridized carbons (Fsp3) is 0.500. The monoisotopic (exact) mass is 283 g/mol. The Morgan fingerprint density at radius 1 is 1.47 bits per heavy atom. The lowest BCUT2D eigenvalue weighted by molar-refractivity contribution is -0.120. The van der Waals surface area contributed by atoms with E-state index in [1.165, 1.54) is 12.3 Å². The Morgan fingerprint density at radius 3 is 2.68 bits per heavy atom. The van der Waals surface area contributed by atoms with Crippen molar-refractivity contribution < 1.29 is 13.2 Å². The van der Waals surface area contributed by atoms with Crippen LogP contribution in [0.4, 0.5) is 5.69 Å². The predicted molar refractivity (Wildman–Crippen MR) is 71.5 cm³/mol. The number of rotatable bonds is 3. The molecule has 2 atom stereocenters. The third kappa shape index (κ3) is 3.30. The number of anilines is 1. The van der Waals surface area contributed by atoms with E-state index in [1.807, 2.05) is 6.92 Å². The molecule has 1 aliphatic heterocycles. The second-order valence-electron chi connectivity index (χ2n) is 4.78. The van der Waals surface area contributed by atoms with Gasteiger partial charge in [-0.15, -0.1) is 0 Å². The minimum Gasteiger partial charge on any atom is -0.324 e. The van der Waals surface area contributed by atoms with Gasteiger partial charge in [-0.05, 0) is 32.0 Å². The molecule has 2 unspecified atom stereocenters. The van der Waals surface area contributed by atoms with E-state index in [1.54, 1.807) is 6.07 Å². The Morgan fingerprint density at radius 2 is 2.21 bits per heavy atom. The maximum Gasteiger partial charge on any atom is 0.229 e. The molecule has 6 nitrogen and oxygen atoms in total. The number of carbonyl (C=O) groups excluding carboxylic acids is 1. The number of pyridine rings is 1. The molecule has 104 valence electrons. The molecule has 0 bridgehead atoms. The molecule has 0 spiro atoms. The maximum absolute atomic E-state index is 12.0. The van der Waals surface area contributed by atoms with E-state index < -0.39 is 9.84 Å². The van der Waals surface area contributed by atoms with E-state index in [-0.39, 0.29) is 22.9 Å². The fourth-order valence-electron chi connectivity index (χ4n) is 2.13. The third-order valence-corrected chi connectivity index (χ3v) is 4.25. The highest BCUT2D eigenvalue weighted by Gasteiger charge is 2.29. The standard InChI is InChI=1S/C12H17N3O3S/c1-8-10(5-6-13-8)12(16)15-9-3-4-11(14-7-9)19(2,17)18/h3-4,7-8,10,13H,5-6H2,1-2H3,(H,15,16). The van der Waals surface area contributed by atoms with E-state index in [0.29, 0.717) is 5.69 Å². The van der Waals surface area contributed by atoms with E-state index in [9.17, 15) is 13.2 Å². The number of nitrogens with zero attached hydrogens (tertiary/aromatic N) is 1. The molecule has 1 saturated heterocycles. The van der Waals surface area contributed by atoms with Crippen molar-refractivity contribution in [3.8, 4) is 0 Å². The van der Waals surface area contributed by atoms with Crippen molar-refractivity contribution in [1.82, 2.24) is 10.3 Å². The number of amides is 1. The lowest BCUT2D eigenvalue weighted by atomic mass is 10.0. The molecular formula is C12H17N3O3S. The lowest BCUT2D eigenvalue weighted by Gasteiger charge is -2.14. The minimum atomic E-state index is -3.31. The normalized spacial score (nSPS) is 23.3. The molecule has 1 aromatic heterocycles. The van der Waals surface area contributed by atoms with E-state index >= 15 is 0 Å². The summed E-state index contributed by atoms with van der Waals surface area (Å²) in [5.41, 5.74) is 0.511. The molecule has 0 radical (unpaired) electrons. The van der Waals surface area contributed by atoms with Crippen molar-refractivity contribution in [3.63, 3.8) is 0 Å². The summed E-state index contributed by atoms with van der Waals surface area (Å²) in [6.45, 7) is 2.81. The molecule has 1 aromatic rings. The van der Waals surface area contributed by atoms with Crippen LogP contribution in [0.5, 0.6) is 0 Å². The van der Waals surface area contributed by atoms with Crippen LogP contribution in [0.25, 0.3) is 0 Å². The average molecular weight is 283 g/mol. The Hall–Kier alpha value is -1.47. The molecule has 7 heteroatoms. The van der Waals surface area contributed by atoms with Crippen molar-refractivity contribution in [1.29, 1.82) is 0 Å². The number of carbonyl (C=O) groups is 1. The Kier molecular flexibility index (Phi) is 3.86. The first kappa shape index (κ1) is 14.0. The smallest absolute Gasteiger partial charge is 0.229 e. The highest BCUT2D eigenvalue weighted by molar-refractivity contribution is 7.90. The van der Waals surface area contributed by atoms with Crippen molar-refractivity contribution in [3.05, 3.63) is 18.3 Å². The van der Waals surface area contributed by atoms with Crippen LogP contribution >= 0.6 is 0 Å². The van der Waals surface area contributed by atoms with Crippen LogP contribution < -0.4 is 10.6 Å².